The quantitative estimate of drug-likeness (QED) is 0.647. The maximum atomic E-state index is 13.1. The van der Waals surface area contributed by atoms with Gasteiger partial charge in [-0.1, -0.05) is 12.8 Å². The number of benzene rings is 1. The summed E-state index contributed by atoms with van der Waals surface area (Å²) in [7, 11) is 0. The van der Waals surface area contributed by atoms with E-state index in [0.717, 1.165) is 12.6 Å². The Morgan fingerprint density at radius 2 is 2.11 bits per heavy atom. The van der Waals surface area contributed by atoms with Gasteiger partial charge in [-0.3, -0.25) is 10.1 Å². The van der Waals surface area contributed by atoms with Crippen LogP contribution in [0.2, 0.25) is 0 Å². The second kappa shape index (κ2) is 5.91. The first kappa shape index (κ1) is 13.0. The fourth-order valence-electron chi connectivity index (χ4n) is 2.50. The highest BCUT2D eigenvalue weighted by atomic mass is 19.1. The van der Waals surface area contributed by atoms with Crippen molar-refractivity contribution >= 4 is 5.69 Å². The van der Waals surface area contributed by atoms with Crippen LogP contribution in [0.25, 0.3) is 0 Å². The molecule has 0 saturated heterocycles. The summed E-state index contributed by atoms with van der Waals surface area (Å²) in [6.45, 7) is 1.21. The normalized spacial score (nSPS) is 16.1. The molecule has 1 aliphatic rings. The Hall–Kier alpha value is -1.49. The Balaban J connectivity index is 1.94. The van der Waals surface area contributed by atoms with E-state index in [1.807, 2.05) is 0 Å². The first-order valence-corrected chi connectivity index (χ1v) is 6.30. The molecule has 1 fully saturated rings. The Labute approximate surface area is 105 Å². The zero-order valence-electron chi connectivity index (χ0n) is 10.2. The van der Waals surface area contributed by atoms with Crippen LogP contribution in [-0.4, -0.2) is 11.5 Å². The number of hydrogen-bond acceptors (Lipinski definition) is 3. The number of nitro benzene ring substituents is 1. The topological polar surface area (TPSA) is 55.2 Å². The predicted molar refractivity (Wildman–Crippen MR) is 66.7 cm³/mol. The van der Waals surface area contributed by atoms with E-state index in [1.165, 1.54) is 37.8 Å². The molecule has 0 aromatic heterocycles. The van der Waals surface area contributed by atoms with Crippen molar-refractivity contribution in [2.24, 2.45) is 5.92 Å². The highest BCUT2D eigenvalue weighted by molar-refractivity contribution is 5.40. The molecule has 0 unspecified atom stereocenters. The molecule has 1 aliphatic carbocycles. The molecule has 2 rings (SSSR count). The number of nitrogens with one attached hydrogen (secondary N) is 1. The molecule has 1 aromatic rings. The first-order chi connectivity index (χ1) is 8.66. The second-order valence-corrected chi connectivity index (χ2v) is 4.81. The van der Waals surface area contributed by atoms with Crippen LogP contribution in [0, 0.1) is 21.8 Å². The van der Waals surface area contributed by atoms with Crippen LogP contribution < -0.4 is 5.32 Å². The Bertz CT molecular complexity index is 431. The largest absolute Gasteiger partial charge is 0.312 e. The van der Waals surface area contributed by atoms with Crippen LogP contribution >= 0.6 is 0 Å². The molecule has 0 radical (unpaired) electrons. The lowest BCUT2D eigenvalue weighted by atomic mass is 10.1. The third-order valence-corrected chi connectivity index (χ3v) is 3.46. The van der Waals surface area contributed by atoms with Crippen molar-refractivity contribution in [3.63, 3.8) is 0 Å². The minimum absolute atomic E-state index is 0.0182. The highest BCUT2D eigenvalue weighted by Gasteiger charge is 2.16. The van der Waals surface area contributed by atoms with Crippen molar-refractivity contribution in [3.8, 4) is 0 Å². The zero-order chi connectivity index (χ0) is 13.0. The number of halogens is 1. The van der Waals surface area contributed by atoms with Gasteiger partial charge in [-0.15, -0.1) is 0 Å². The number of rotatable bonds is 5. The van der Waals surface area contributed by atoms with Gasteiger partial charge in [0.15, 0.2) is 0 Å². The summed E-state index contributed by atoms with van der Waals surface area (Å²) >= 11 is 0. The van der Waals surface area contributed by atoms with Crippen molar-refractivity contribution in [2.45, 2.75) is 32.2 Å². The molecular formula is C13H17FN2O2. The van der Waals surface area contributed by atoms with E-state index in [0.29, 0.717) is 18.0 Å². The third kappa shape index (κ3) is 3.26. The van der Waals surface area contributed by atoms with E-state index >= 15 is 0 Å². The van der Waals surface area contributed by atoms with Gasteiger partial charge < -0.3 is 5.32 Å². The lowest BCUT2D eigenvalue weighted by molar-refractivity contribution is -0.385. The van der Waals surface area contributed by atoms with Gasteiger partial charge in [-0.25, -0.2) is 4.39 Å². The van der Waals surface area contributed by atoms with Gasteiger partial charge in [0.25, 0.3) is 5.69 Å². The summed E-state index contributed by atoms with van der Waals surface area (Å²) in [6, 6.07) is 3.58. The first-order valence-electron chi connectivity index (χ1n) is 6.30. The van der Waals surface area contributed by atoms with Crippen LogP contribution in [-0.2, 0) is 6.54 Å². The smallest absolute Gasteiger partial charge is 0.274 e. The number of hydrogen-bond donors (Lipinski definition) is 1. The molecule has 0 bridgehead atoms. The van der Waals surface area contributed by atoms with Crippen LogP contribution in [0.4, 0.5) is 10.1 Å². The van der Waals surface area contributed by atoms with Crippen molar-refractivity contribution in [1.29, 1.82) is 0 Å². The Morgan fingerprint density at radius 1 is 1.39 bits per heavy atom. The van der Waals surface area contributed by atoms with E-state index < -0.39 is 10.7 Å². The maximum Gasteiger partial charge on any atom is 0.274 e. The summed E-state index contributed by atoms with van der Waals surface area (Å²) in [5.41, 5.74) is 0.397. The summed E-state index contributed by atoms with van der Waals surface area (Å²) in [5, 5.41) is 14.0. The van der Waals surface area contributed by atoms with Gasteiger partial charge in [0.1, 0.15) is 5.82 Å². The zero-order valence-corrected chi connectivity index (χ0v) is 10.2. The highest BCUT2D eigenvalue weighted by Crippen LogP contribution is 2.24. The number of nitro groups is 1. The second-order valence-electron chi connectivity index (χ2n) is 4.81. The molecular weight excluding hydrogens is 235 g/mol. The fourth-order valence-corrected chi connectivity index (χ4v) is 2.50. The van der Waals surface area contributed by atoms with Gasteiger partial charge >= 0.3 is 0 Å². The van der Waals surface area contributed by atoms with Crippen molar-refractivity contribution in [3.05, 3.63) is 39.7 Å². The lowest BCUT2D eigenvalue weighted by Gasteiger charge is -2.10. The standard InChI is InChI=1S/C13H17FN2O2/c14-12-5-6-13(16(17)18)11(7-12)9-15-8-10-3-1-2-4-10/h5-7,10,15H,1-4,8-9H2. The summed E-state index contributed by atoms with van der Waals surface area (Å²) < 4.78 is 13.1. The number of nitrogens with zero attached hydrogens (tertiary/aromatic N) is 1. The maximum absolute atomic E-state index is 13.1. The van der Waals surface area contributed by atoms with E-state index in [9.17, 15) is 14.5 Å². The van der Waals surface area contributed by atoms with Crippen LogP contribution in [0.5, 0.6) is 0 Å². The molecule has 0 spiro atoms. The van der Waals surface area contributed by atoms with E-state index in [2.05, 4.69) is 5.32 Å². The summed E-state index contributed by atoms with van der Waals surface area (Å²) in [4.78, 5) is 10.3. The van der Waals surface area contributed by atoms with Crippen LogP contribution in [0.3, 0.4) is 0 Å². The van der Waals surface area contributed by atoms with E-state index in [1.54, 1.807) is 0 Å². The molecule has 1 aromatic carbocycles. The molecule has 1 N–H and O–H groups in total. The van der Waals surface area contributed by atoms with Gasteiger partial charge in [0.2, 0.25) is 0 Å². The Morgan fingerprint density at radius 3 is 2.78 bits per heavy atom. The molecule has 1 saturated carbocycles. The molecule has 5 heteroatoms. The van der Waals surface area contributed by atoms with Crippen LogP contribution in [0.15, 0.2) is 18.2 Å². The monoisotopic (exact) mass is 252 g/mol. The molecule has 0 heterocycles. The van der Waals surface area contributed by atoms with Crippen molar-refractivity contribution < 1.29 is 9.31 Å². The van der Waals surface area contributed by atoms with Crippen LogP contribution in [0.1, 0.15) is 31.2 Å². The molecule has 98 valence electrons. The lowest BCUT2D eigenvalue weighted by Crippen LogP contribution is -2.21. The van der Waals surface area contributed by atoms with Crippen molar-refractivity contribution in [2.75, 3.05) is 6.54 Å². The van der Waals surface area contributed by atoms with E-state index in [-0.39, 0.29) is 5.69 Å². The fraction of sp³-hybridized carbons (Fsp3) is 0.538. The minimum atomic E-state index is -0.466. The average Bonchev–Trinajstić information content (AvgIpc) is 2.82. The minimum Gasteiger partial charge on any atom is -0.312 e. The van der Waals surface area contributed by atoms with E-state index in [4.69, 9.17) is 0 Å². The molecule has 0 amide bonds. The summed E-state index contributed by atoms with van der Waals surface area (Å²) in [6.07, 6.45) is 4.98. The third-order valence-electron chi connectivity index (χ3n) is 3.46. The van der Waals surface area contributed by atoms with Gasteiger partial charge in [-0.2, -0.15) is 0 Å². The summed E-state index contributed by atoms with van der Waals surface area (Å²) in [5.74, 6) is 0.232. The molecule has 4 nitrogen and oxygen atoms in total. The van der Waals surface area contributed by atoms with Gasteiger partial charge in [-0.05, 0) is 37.4 Å². The average molecular weight is 252 g/mol. The Kier molecular flexibility index (Phi) is 4.25. The SMILES string of the molecule is O=[N+]([O-])c1ccc(F)cc1CNCC1CCCC1. The predicted octanol–water partition coefficient (Wildman–Crippen LogP) is 3.01. The van der Waals surface area contributed by atoms with Crippen molar-refractivity contribution in [1.82, 2.24) is 5.32 Å². The molecule has 0 aliphatic heterocycles. The van der Waals surface area contributed by atoms with Gasteiger partial charge in [0.05, 0.1) is 4.92 Å². The van der Waals surface area contributed by atoms with Gasteiger partial charge in [0, 0.05) is 18.2 Å². The molecule has 0 atom stereocenters. The molecule has 18 heavy (non-hydrogen) atoms.